The number of hydrogen-bond acceptors (Lipinski definition) is 7. The maximum Gasteiger partial charge on any atom is 0.490 e. The van der Waals surface area contributed by atoms with Crippen molar-refractivity contribution in [2.24, 2.45) is 17.3 Å². The van der Waals surface area contributed by atoms with Crippen LogP contribution in [0.2, 0.25) is 5.02 Å². The number of likely N-dealkylation sites (tertiary alicyclic amines) is 1. The van der Waals surface area contributed by atoms with Crippen molar-refractivity contribution >= 4 is 33.4 Å². The largest absolute Gasteiger partial charge is 0.490 e. The van der Waals surface area contributed by atoms with Gasteiger partial charge in [-0.1, -0.05) is 30.9 Å². The first-order chi connectivity index (χ1) is 19.4. The molecule has 3 aliphatic carbocycles. The number of alkyl halides is 3. The molecule has 1 aromatic rings. The van der Waals surface area contributed by atoms with Gasteiger partial charge in [-0.2, -0.15) is 17.5 Å². The molecule has 14 heteroatoms. The van der Waals surface area contributed by atoms with Gasteiger partial charge in [-0.3, -0.25) is 4.90 Å². The smallest absolute Gasteiger partial charge is 0.475 e. The zero-order valence-corrected chi connectivity index (χ0v) is 24.7. The van der Waals surface area contributed by atoms with Crippen LogP contribution in [0, 0.1) is 17.3 Å². The van der Waals surface area contributed by atoms with Crippen molar-refractivity contribution in [2.45, 2.75) is 81.3 Å². The molecule has 0 amide bonds. The number of piperidine rings is 2. The first kappa shape index (κ1) is 32.2. The third-order valence-electron chi connectivity index (χ3n) is 9.29. The molecule has 2 aliphatic heterocycles. The molecule has 232 valence electrons. The van der Waals surface area contributed by atoms with Gasteiger partial charge in [-0.15, -0.1) is 0 Å². The Labute approximate surface area is 244 Å². The molecule has 0 spiro atoms. The lowest BCUT2D eigenvalue weighted by Gasteiger charge is -2.51. The molecule has 3 heterocycles. The quantitative estimate of drug-likeness (QED) is 0.402. The van der Waals surface area contributed by atoms with E-state index in [0.717, 1.165) is 32.4 Å². The summed E-state index contributed by atoms with van der Waals surface area (Å²) in [5.41, 5.74) is -0.131. The number of fused-ring (bicyclic) bond motifs is 3. The highest BCUT2D eigenvalue weighted by atomic mass is 35.5. The van der Waals surface area contributed by atoms with E-state index in [1.54, 1.807) is 4.31 Å². The number of aliphatic hydroxyl groups excluding tert-OH is 1. The van der Waals surface area contributed by atoms with Gasteiger partial charge in [-0.05, 0) is 75.9 Å². The maximum absolute atomic E-state index is 13.4. The first-order valence-electron chi connectivity index (χ1n) is 14.4. The average Bonchev–Trinajstić information content (AvgIpc) is 2.97. The lowest BCUT2D eigenvalue weighted by molar-refractivity contribution is -0.192. The maximum atomic E-state index is 13.4. The highest BCUT2D eigenvalue weighted by molar-refractivity contribution is 7.89. The van der Waals surface area contributed by atoms with Gasteiger partial charge in [0.2, 0.25) is 10.0 Å². The molecular formula is C27H40ClF3N4O5S. The minimum absolute atomic E-state index is 0.131. The Morgan fingerprint density at radius 3 is 2.29 bits per heavy atom. The number of nitrogens with zero attached hydrogens (tertiary/aromatic N) is 3. The molecule has 9 nitrogen and oxygen atoms in total. The first-order valence-corrected chi connectivity index (χ1v) is 16.2. The number of carbonyl (C=O) groups is 1. The van der Waals surface area contributed by atoms with Gasteiger partial charge in [0.25, 0.3) is 0 Å². The third kappa shape index (κ3) is 7.65. The van der Waals surface area contributed by atoms with E-state index in [0.29, 0.717) is 48.4 Å². The molecule has 6 rings (SSSR count). The second-order valence-corrected chi connectivity index (χ2v) is 14.2. The van der Waals surface area contributed by atoms with Gasteiger partial charge < -0.3 is 15.5 Å². The number of sulfonamides is 1. The monoisotopic (exact) mass is 624 g/mol. The van der Waals surface area contributed by atoms with Crippen LogP contribution in [-0.2, 0) is 14.8 Å². The summed E-state index contributed by atoms with van der Waals surface area (Å²) < 4.78 is 60.2. The Morgan fingerprint density at radius 1 is 1.10 bits per heavy atom. The van der Waals surface area contributed by atoms with Crippen LogP contribution in [-0.4, -0.2) is 90.3 Å². The third-order valence-corrected chi connectivity index (χ3v) is 11.4. The van der Waals surface area contributed by atoms with E-state index in [1.807, 2.05) is 0 Å². The van der Waals surface area contributed by atoms with Crippen LogP contribution >= 0.6 is 11.6 Å². The number of carboxylic acid groups (broad SMARTS) is 1. The van der Waals surface area contributed by atoms with E-state index in [-0.39, 0.29) is 16.9 Å². The summed E-state index contributed by atoms with van der Waals surface area (Å²) in [6.45, 7) is 4.02. The number of aromatic nitrogens is 1. The molecular weight excluding hydrogens is 585 g/mol. The predicted octanol–water partition coefficient (Wildman–Crippen LogP) is 4.61. The van der Waals surface area contributed by atoms with Gasteiger partial charge in [0.05, 0.1) is 11.6 Å². The summed E-state index contributed by atoms with van der Waals surface area (Å²) in [4.78, 5) is 15.9. The molecule has 5 aliphatic rings. The Bertz CT molecular complexity index is 1160. The normalized spacial score (nSPS) is 29.4. The van der Waals surface area contributed by atoms with Crippen molar-refractivity contribution in [3.8, 4) is 0 Å². The van der Waals surface area contributed by atoms with Crippen molar-refractivity contribution in [1.82, 2.24) is 14.2 Å². The van der Waals surface area contributed by atoms with Gasteiger partial charge in [0, 0.05) is 37.3 Å². The Kier molecular flexibility index (Phi) is 10.5. The minimum Gasteiger partial charge on any atom is -0.475 e. The van der Waals surface area contributed by atoms with Crippen LogP contribution in [0.3, 0.4) is 0 Å². The fourth-order valence-electron chi connectivity index (χ4n) is 7.01. The Balaban J connectivity index is 0.000000493. The summed E-state index contributed by atoms with van der Waals surface area (Å²) in [6.07, 6.45) is 7.92. The van der Waals surface area contributed by atoms with Crippen LogP contribution in [0.25, 0.3) is 0 Å². The molecule has 5 fully saturated rings. The van der Waals surface area contributed by atoms with Crippen molar-refractivity contribution in [3.05, 3.63) is 17.3 Å². The second-order valence-electron chi connectivity index (χ2n) is 11.9. The Hall–Kier alpha value is -1.67. The molecule has 2 saturated heterocycles. The van der Waals surface area contributed by atoms with Crippen molar-refractivity contribution < 1.29 is 36.6 Å². The molecule has 0 aromatic carbocycles. The highest BCUT2D eigenvalue weighted by Gasteiger charge is 2.47. The lowest BCUT2D eigenvalue weighted by atomic mass is 9.56. The van der Waals surface area contributed by atoms with Crippen LogP contribution in [0.4, 0.5) is 19.0 Å². The molecule has 2 unspecified atom stereocenters. The number of hydrogen-bond donors (Lipinski definition) is 3. The predicted molar refractivity (Wildman–Crippen MR) is 148 cm³/mol. The Morgan fingerprint density at radius 2 is 1.76 bits per heavy atom. The van der Waals surface area contributed by atoms with E-state index >= 15 is 0 Å². The number of carboxylic acids is 1. The number of nitrogens with one attached hydrogen (secondary N) is 1. The average molecular weight is 625 g/mol. The van der Waals surface area contributed by atoms with Gasteiger partial charge in [0.1, 0.15) is 10.7 Å². The van der Waals surface area contributed by atoms with Crippen molar-refractivity contribution in [2.75, 3.05) is 44.6 Å². The molecule has 2 bridgehead atoms. The van der Waals surface area contributed by atoms with Crippen LogP contribution in [0.1, 0.15) is 64.2 Å². The molecule has 41 heavy (non-hydrogen) atoms. The number of anilines is 1. The summed E-state index contributed by atoms with van der Waals surface area (Å²) in [6, 6.07) is 1.84. The number of aliphatic carboxylic acids is 1. The summed E-state index contributed by atoms with van der Waals surface area (Å²) in [7, 11) is -3.64. The lowest BCUT2D eigenvalue weighted by Crippen LogP contribution is -2.51. The second kappa shape index (κ2) is 13.3. The van der Waals surface area contributed by atoms with E-state index in [1.165, 1.54) is 57.2 Å². The minimum atomic E-state index is -5.08. The fraction of sp³-hybridized carbons (Fsp3) is 0.778. The van der Waals surface area contributed by atoms with Crippen LogP contribution in [0.5, 0.6) is 0 Å². The summed E-state index contributed by atoms with van der Waals surface area (Å²) >= 11 is 6.53. The highest BCUT2D eigenvalue weighted by Crippen LogP contribution is 2.52. The van der Waals surface area contributed by atoms with E-state index in [4.69, 9.17) is 21.5 Å². The van der Waals surface area contributed by atoms with Crippen LogP contribution in [0.15, 0.2) is 17.2 Å². The zero-order valence-electron chi connectivity index (χ0n) is 23.1. The van der Waals surface area contributed by atoms with Gasteiger partial charge >= 0.3 is 12.1 Å². The van der Waals surface area contributed by atoms with E-state index in [9.17, 15) is 26.7 Å². The SMILES string of the molecule is O=C(O)C(F)(F)F.O=S(=O)(c1cnc(NCC2(CO)CC3CCC2CC3)c(Cl)c1)N1CCCC(N2CCCCC2)C1. The fourth-order valence-corrected chi connectivity index (χ4v) is 8.79. The van der Waals surface area contributed by atoms with Crippen molar-refractivity contribution in [1.29, 1.82) is 0 Å². The number of aliphatic hydroxyl groups is 1. The summed E-state index contributed by atoms with van der Waals surface area (Å²) in [5, 5.41) is 21.0. The molecule has 1 aromatic heterocycles. The van der Waals surface area contributed by atoms with Crippen molar-refractivity contribution in [3.63, 3.8) is 0 Å². The topological polar surface area (TPSA) is 123 Å². The standard InChI is InChI=1S/C25H39ClN4O3S.C2HF3O2/c26-23-13-22(34(32,33)30-12-4-5-21(16-30)29-10-2-1-3-11-29)15-27-24(23)28-17-25(18-31)14-19-6-8-20(25)9-7-19;3-2(4,5)1(6)7/h13,15,19-21,31H,1-12,14,16-18H2,(H,27,28);(H,6,7). The molecule has 2 atom stereocenters. The molecule has 3 N–H and O–H groups in total. The summed E-state index contributed by atoms with van der Waals surface area (Å²) in [5.74, 6) is -1.03. The van der Waals surface area contributed by atoms with Gasteiger partial charge in [0.15, 0.2) is 0 Å². The number of halogens is 4. The molecule has 3 saturated carbocycles. The number of pyridine rings is 1. The zero-order chi connectivity index (χ0) is 29.8. The van der Waals surface area contributed by atoms with E-state index in [2.05, 4.69) is 15.2 Å². The van der Waals surface area contributed by atoms with Gasteiger partial charge in [-0.25, -0.2) is 18.2 Å². The van der Waals surface area contributed by atoms with E-state index < -0.39 is 22.2 Å². The van der Waals surface area contributed by atoms with Crippen LogP contribution < -0.4 is 5.32 Å². The molecule has 0 radical (unpaired) electrons. The number of rotatable bonds is 7.